The number of benzene rings is 1. The zero-order valence-electron chi connectivity index (χ0n) is 12.4. The van der Waals surface area contributed by atoms with Crippen LogP contribution in [0.1, 0.15) is 31.7 Å². The van der Waals surface area contributed by atoms with Gasteiger partial charge in [0.05, 0.1) is 4.75 Å². The Labute approximate surface area is 134 Å². The van der Waals surface area contributed by atoms with Crippen LogP contribution in [0, 0.1) is 0 Å². The molecule has 0 bridgehead atoms. The van der Waals surface area contributed by atoms with Crippen LogP contribution < -0.4 is 4.90 Å². The predicted molar refractivity (Wildman–Crippen MR) is 92.9 cm³/mol. The Morgan fingerprint density at radius 2 is 2.05 bits per heavy atom. The number of anilines is 1. The van der Waals surface area contributed by atoms with Gasteiger partial charge in [-0.1, -0.05) is 31.5 Å². The smallest absolute Gasteiger partial charge is 0.129 e. The number of thioether (sulfide) groups is 1. The van der Waals surface area contributed by atoms with Crippen LogP contribution in [0.3, 0.4) is 0 Å². The summed E-state index contributed by atoms with van der Waals surface area (Å²) in [4.78, 5) is 6.81. The highest BCUT2D eigenvalue weighted by molar-refractivity contribution is 8.02. The maximum atomic E-state index is 6.12. The molecule has 110 valence electrons. The third-order valence-corrected chi connectivity index (χ3v) is 6.45. The largest absolute Gasteiger partial charge is 0.368 e. The molecule has 4 rings (SSSR count). The summed E-state index contributed by atoms with van der Waals surface area (Å²) >= 11 is 8.25. The lowest BCUT2D eigenvalue weighted by atomic mass is 9.91. The standard InChI is InChI=1S/C17H19ClN2S/c1-11(2)12-3-4-15(14-8-19-16(18)7-13(12)14)20-9-17(10-20)5-6-21-17/h3-4,7-8,11H,5-6,9-10H2,1-2H3. The van der Waals surface area contributed by atoms with Gasteiger partial charge < -0.3 is 4.90 Å². The molecule has 4 heteroatoms. The summed E-state index contributed by atoms with van der Waals surface area (Å²) in [6.45, 7) is 6.81. The molecule has 2 aliphatic heterocycles. The Morgan fingerprint density at radius 3 is 2.67 bits per heavy atom. The van der Waals surface area contributed by atoms with Gasteiger partial charge in [0.2, 0.25) is 0 Å². The number of nitrogens with zero attached hydrogens (tertiary/aromatic N) is 2. The lowest BCUT2D eigenvalue weighted by Gasteiger charge is -2.56. The van der Waals surface area contributed by atoms with Crippen molar-refractivity contribution in [2.75, 3.05) is 23.7 Å². The number of fused-ring (bicyclic) bond motifs is 1. The number of aromatic nitrogens is 1. The van der Waals surface area contributed by atoms with Crippen molar-refractivity contribution in [3.05, 3.63) is 35.1 Å². The van der Waals surface area contributed by atoms with Crippen LogP contribution in [-0.2, 0) is 0 Å². The molecule has 2 nitrogen and oxygen atoms in total. The molecular weight excluding hydrogens is 300 g/mol. The van der Waals surface area contributed by atoms with Gasteiger partial charge in [0.15, 0.2) is 0 Å². The van der Waals surface area contributed by atoms with Gasteiger partial charge in [0.25, 0.3) is 0 Å². The average molecular weight is 319 g/mol. The highest BCUT2D eigenvalue weighted by atomic mass is 35.5. The van der Waals surface area contributed by atoms with Gasteiger partial charge in [-0.25, -0.2) is 4.98 Å². The molecule has 0 N–H and O–H groups in total. The van der Waals surface area contributed by atoms with E-state index >= 15 is 0 Å². The van der Waals surface area contributed by atoms with E-state index in [0.717, 1.165) is 0 Å². The van der Waals surface area contributed by atoms with Crippen molar-refractivity contribution in [3.8, 4) is 0 Å². The van der Waals surface area contributed by atoms with Crippen molar-refractivity contribution in [3.63, 3.8) is 0 Å². The maximum Gasteiger partial charge on any atom is 0.129 e. The van der Waals surface area contributed by atoms with Gasteiger partial charge in [0, 0.05) is 30.4 Å². The van der Waals surface area contributed by atoms with E-state index in [1.807, 2.05) is 12.3 Å². The minimum absolute atomic E-state index is 0.491. The van der Waals surface area contributed by atoms with E-state index in [4.69, 9.17) is 11.6 Å². The Hall–Kier alpha value is -0.930. The van der Waals surface area contributed by atoms with Crippen LogP contribution >= 0.6 is 23.4 Å². The van der Waals surface area contributed by atoms with Gasteiger partial charge in [-0.05, 0) is 41.2 Å². The molecule has 1 aromatic carbocycles. The van der Waals surface area contributed by atoms with E-state index in [2.05, 4.69) is 47.6 Å². The summed E-state index contributed by atoms with van der Waals surface area (Å²) in [5, 5.41) is 3.07. The van der Waals surface area contributed by atoms with Crippen molar-refractivity contribution in [1.82, 2.24) is 4.98 Å². The fourth-order valence-electron chi connectivity index (χ4n) is 3.46. The topological polar surface area (TPSA) is 16.1 Å². The predicted octanol–water partition coefficient (Wildman–Crippen LogP) is 4.71. The van der Waals surface area contributed by atoms with E-state index in [-0.39, 0.29) is 0 Å². The van der Waals surface area contributed by atoms with Gasteiger partial charge in [-0.3, -0.25) is 0 Å². The molecule has 3 heterocycles. The molecule has 0 saturated carbocycles. The van der Waals surface area contributed by atoms with Gasteiger partial charge >= 0.3 is 0 Å². The van der Waals surface area contributed by atoms with E-state index in [0.29, 0.717) is 15.8 Å². The van der Waals surface area contributed by atoms with E-state index < -0.39 is 0 Å². The lowest BCUT2D eigenvalue weighted by molar-refractivity contribution is 0.425. The summed E-state index contributed by atoms with van der Waals surface area (Å²) in [6, 6.07) is 6.55. The van der Waals surface area contributed by atoms with Gasteiger partial charge in [0.1, 0.15) is 5.15 Å². The highest BCUT2D eigenvalue weighted by Gasteiger charge is 2.48. The van der Waals surface area contributed by atoms with E-state index in [1.54, 1.807) is 0 Å². The highest BCUT2D eigenvalue weighted by Crippen LogP contribution is 2.49. The molecule has 0 amide bonds. The number of hydrogen-bond acceptors (Lipinski definition) is 3. The first kappa shape index (κ1) is 13.7. The van der Waals surface area contributed by atoms with Crippen LogP contribution in [0.2, 0.25) is 5.15 Å². The normalized spacial score (nSPS) is 19.9. The molecule has 2 saturated heterocycles. The summed E-state index contributed by atoms with van der Waals surface area (Å²) in [5.41, 5.74) is 2.67. The first-order chi connectivity index (χ1) is 10.1. The van der Waals surface area contributed by atoms with Crippen molar-refractivity contribution >= 4 is 39.8 Å². The number of halogens is 1. The van der Waals surface area contributed by atoms with Crippen LogP contribution in [0.4, 0.5) is 5.69 Å². The summed E-state index contributed by atoms with van der Waals surface area (Å²) in [7, 11) is 0. The second-order valence-electron chi connectivity index (χ2n) is 6.52. The number of pyridine rings is 1. The first-order valence-corrected chi connectivity index (χ1v) is 8.91. The van der Waals surface area contributed by atoms with E-state index in [1.165, 1.54) is 47.3 Å². The zero-order chi connectivity index (χ0) is 14.6. The first-order valence-electron chi connectivity index (χ1n) is 7.55. The van der Waals surface area contributed by atoms with Gasteiger partial charge in [-0.15, -0.1) is 0 Å². The molecule has 0 unspecified atom stereocenters. The third kappa shape index (κ3) is 2.13. The molecule has 1 aromatic heterocycles. The second-order valence-corrected chi connectivity index (χ2v) is 8.47. The Bertz CT molecular complexity index is 701. The van der Waals surface area contributed by atoms with E-state index in [9.17, 15) is 0 Å². The fourth-order valence-corrected chi connectivity index (χ4v) is 4.89. The van der Waals surface area contributed by atoms with Crippen LogP contribution in [0.15, 0.2) is 24.4 Å². The SMILES string of the molecule is CC(C)c1ccc(N2CC3(CCS3)C2)c2cnc(Cl)cc12. The van der Waals surface area contributed by atoms with Crippen LogP contribution in [-0.4, -0.2) is 28.6 Å². The van der Waals surface area contributed by atoms with Crippen molar-refractivity contribution in [1.29, 1.82) is 0 Å². The van der Waals surface area contributed by atoms with Crippen LogP contribution in [0.25, 0.3) is 10.8 Å². The molecule has 0 radical (unpaired) electrons. The van der Waals surface area contributed by atoms with Gasteiger partial charge in [-0.2, -0.15) is 11.8 Å². The van der Waals surface area contributed by atoms with Crippen molar-refractivity contribution in [2.24, 2.45) is 0 Å². The third-order valence-electron chi connectivity index (χ3n) is 4.76. The Morgan fingerprint density at radius 1 is 1.29 bits per heavy atom. The fraction of sp³-hybridized carbons (Fsp3) is 0.471. The van der Waals surface area contributed by atoms with Crippen molar-refractivity contribution in [2.45, 2.75) is 30.9 Å². The monoisotopic (exact) mass is 318 g/mol. The second kappa shape index (κ2) is 4.79. The van der Waals surface area contributed by atoms with Crippen LogP contribution in [0.5, 0.6) is 0 Å². The molecule has 0 aliphatic carbocycles. The molecule has 0 atom stereocenters. The summed E-state index contributed by atoms with van der Waals surface area (Å²) in [6.07, 6.45) is 3.32. The maximum absolute atomic E-state index is 6.12. The molecule has 2 aromatic rings. The average Bonchev–Trinajstić information content (AvgIpc) is 2.34. The Balaban J connectivity index is 1.78. The molecule has 2 fully saturated rings. The minimum atomic E-state index is 0.491. The zero-order valence-corrected chi connectivity index (χ0v) is 14.0. The number of rotatable bonds is 2. The summed E-state index contributed by atoms with van der Waals surface area (Å²) in [5.74, 6) is 1.82. The quantitative estimate of drug-likeness (QED) is 0.746. The molecule has 2 aliphatic rings. The summed E-state index contributed by atoms with van der Waals surface area (Å²) < 4.78 is 0.558. The number of hydrogen-bond donors (Lipinski definition) is 0. The lowest BCUT2D eigenvalue weighted by Crippen LogP contribution is -2.63. The van der Waals surface area contributed by atoms with Crippen molar-refractivity contribution < 1.29 is 0 Å². The molecular formula is C17H19ClN2S. The molecule has 1 spiro atoms. The minimum Gasteiger partial charge on any atom is -0.368 e. The molecule has 21 heavy (non-hydrogen) atoms. The Kier molecular flexibility index (Phi) is 3.13.